The third-order valence-electron chi connectivity index (χ3n) is 2.13. The van der Waals surface area contributed by atoms with E-state index in [0.717, 1.165) is 22.8 Å². The van der Waals surface area contributed by atoms with Crippen LogP contribution in [-0.4, -0.2) is 16.3 Å². The van der Waals surface area contributed by atoms with Gasteiger partial charge in [0.1, 0.15) is 4.99 Å². The van der Waals surface area contributed by atoms with Crippen LogP contribution >= 0.6 is 12.2 Å². The zero-order valence-corrected chi connectivity index (χ0v) is 8.10. The van der Waals surface area contributed by atoms with Crippen LogP contribution in [0.1, 0.15) is 15.9 Å². The van der Waals surface area contributed by atoms with Crippen molar-refractivity contribution in [3.8, 4) is 0 Å². The van der Waals surface area contributed by atoms with E-state index in [2.05, 4.69) is 4.98 Å². The number of carbonyl (C=O) groups is 1. The number of H-pyrrole nitrogens is 1. The van der Waals surface area contributed by atoms with E-state index in [1.807, 2.05) is 18.2 Å². The fourth-order valence-electron chi connectivity index (χ4n) is 1.39. The lowest BCUT2D eigenvalue weighted by atomic mass is 10.1. The minimum atomic E-state index is 0.338. The SMILES string of the molecule is NC(=S)c1ccc2[nH]cc(C=O)c2c1. The molecule has 0 amide bonds. The van der Waals surface area contributed by atoms with Gasteiger partial charge in [0.2, 0.25) is 0 Å². The number of hydrogen-bond donors (Lipinski definition) is 2. The van der Waals surface area contributed by atoms with Gasteiger partial charge in [-0.2, -0.15) is 0 Å². The fourth-order valence-corrected chi connectivity index (χ4v) is 1.52. The number of aldehydes is 1. The number of aromatic nitrogens is 1. The molecule has 0 aliphatic carbocycles. The largest absolute Gasteiger partial charge is 0.389 e. The minimum Gasteiger partial charge on any atom is -0.389 e. The van der Waals surface area contributed by atoms with Gasteiger partial charge in [-0.3, -0.25) is 4.79 Å². The van der Waals surface area contributed by atoms with Crippen molar-refractivity contribution in [1.82, 2.24) is 4.98 Å². The molecule has 3 nitrogen and oxygen atoms in total. The summed E-state index contributed by atoms with van der Waals surface area (Å²) in [6, 6.07) is 5.50. The Bertz CT molecular complexity index is 516. The van der Waals surface area contributed by atoms with Gasteiger partial charge in [0.05, 0.1) is 0 Å². The standard InChI is InChI=1S/C10H8N2OS/c11-10(14)6-1-2-9-8(3-6)7(5-13)4-12-9/h1-5,12H,(H2,11,14). The molecule has 70 valence electrons. The Morgan fingerprint density at radius 2 is 2.29 bits per heavy atom. The molecule has 0 saturated heterocycles. The summed E-state index contributed by atoms with van der Waals surface area (Å²) in [5.74, 6) is 0. The highest BCUT2D eigenvalue weighted by Crippen LogP contribution is 2.18. The van der Waals surface area contributed by atoms with Gasteiger partial charge >= 0.3 is 0 Å². The number of nitrogens with two attached hydrogens (primary N) is 1. The fraction of sp³-hybridized carbons (Fsp3) is 0. The number of aromatic amines is 1. The molecule has 1 aromatic carbocycles. The molecular formula is C10H8N2OS. The predicted molar refractivity (Wildman–Crippen MR) is 59.6 cm³/mol. The molecule has 0 radical (unpaired) electrons. The number of benzene rings is 1. The zero-order valence-electron chi connectivity index (χ0n) is 7.28. The van der Waals surface area contributed by atoms with E-state index in [1.54, 1.807) is 6.20 Å². The Morgan fingerprint density at radius 3 is 2.93 bits per heavy atom. The van der Waals surface area contributed by atoms with Gasteiger partial charge in [-0.25, -0.2) is 0 Å². The minimum absolute atomic E-state index is 0.338. The molecule has 0 fully saturated rings. The van der Waals surface area contributed by atoms with Crippen LogP contribution in [0.3, 0.4) is 0 Å². The second kappa shape index (κ2) is 3.23. The first kappa shape index (κ1) is 8.90. The summed E-state index contributed by atoms with van der Waals surface area (Å²) >= 11 is 4.86. The number of thiocarbonyl (C=S) groups is 1. The third-order valence-corrected chi connectivity index (χ3v) is 2.36. The number of nitrogens with one attached hydrogen (secondary N) is 1. The number of rotatable bonds is 2. The van der Waals surface area contributed by atoms with Crippen LogP contribution in [0, 0.1) is 0 Å². The lowest BCUT2D eigenvalue weighted by Gasteiger charge is -1.97. The van der Waals surface area contributed by atoms with Crippen molar-refractivity contribution in [2.45, 2.75) is 0 Å². The molecule has 2 rings (SSSR count). The van der Waals surface area contributed by atoms with E-state index < -0.39 is 0 Å². The smallest absolute Gasteiger partial charge is 0.152 e. The molecule has 14 heavy (non-hydrogen) atoms. The molecule has 0 aliphatic heterocycles. The molecule has 0 saturated carbocycles. The highest BCUT2D eigenvalue weighted by atomic mass is 32.1. The van der Waals surface area contributed by atoms with E-state index in [4.69, 9.17) is 18.0 Å². The van der Waals surface area contributed by atoms with Gasteiger partial charge in [0, 0.05) is 28.2 Å². The maximum atomic E-state index is 10.7. The summed E-state index contributed by atoms with van der Waals surface area (Å²) < 4.78 is 0. The first-order valence-electron chi connectivity index (χ1n) is 4.08. The molecule has 0 aliphatic rings. The zero-order chi connectivity index (χ0) is 10.1. The molecule has 3 N–H and O–H groups in total. The number of carbonyl (C=O) groups excluding carboxylic acids is 1. The maximum Gasteiger partial charge on any atom is 0.152 e. The quantitative estimate of drug-likeness (QED) is 0.577. The topological polar surface area (TPSA) is 58.9 Å². The summed E-state index contributed by atoms with van der Waals surface area (Å²) in [4.78, 5) is 14.0. The monoisotopic (exact) mass is 204 g/mol. The Hall–Kier alpha value is -1.68. The van der Waals surface area contributed by atoms with Crippen molar-refractivity contribution in [3.05, 3.63) is 35.5 Å². The first-order chi connectivity index (χ1) is 6.72. The van der Waals surface area contributed by atoms with Crippen molar-refractivity contribution in [1.29, 1.82) is 0 Å². The van der Waals surface area contributed by atoms with E-state index in [1.165, 1.54) is 0 Å². The van der Waals surface area contributed by atoms with Crippen LogP contribution in [0.5, 0.6) is 0 Å². The molecule has 0 bridgehead atoms. The van der Waals surface area contributed by atoms with Gasteiger partial charge in [-0.15, -0.1) is 0 Å². The van der Waals surface area contributed by atoms with Gasteiger partial charge in [0.25, 0.3) is 0 Å². The summed E-state index contributed by atoms with van der Waals surface area (Å²) in [7, 11) is 0. The normalized spacial score (nSPS) is 10.3. The molecule has 4 heteroatoms. The molecule has 0 spiro atoms. The average Bonchev–Trinajstić information content (AvgIpc) is 2.59. The van der Waals surface area contributed by atoms with E-state index in [0.29, 0.717) is 10.6 Å². The average molecular weight is 204 g/mol. The lowest BCUT2D eigenvalue weighted by Crippen LogP contribution is -2.08. The third kappa shape index (κ3) is 1.29. The van der Waals surface area contributed by atoms with Crippen molar-refractivity contribution in [2.75, 3.05) is 0 Å². The van der Waals surface area contributed by atoms with Gasteiger partial charge in [-0.05, 0) is 18.2 Å². The van der Waals surface area contributed by atoms with Crippen LogP contribution in [0.4, 0.5) is 0 Å². The molecule has 0 unspecified atom stereocenters. The van der Waals surface area contributed by atoms with Crippen LogP contribution < -0.4 is 5.73 Å². The summed E-state index contributed by atoms with van der Waals surface area (Å²) in [6.45, 7) is 0. The second-order valence-electron chi connectivity index (χ2n) is 2.99. The Balaban J connectivity index is 2.73. The maximum absolute atomic E-state index is 10.7. The Morgan fingerprint density at radius 1 is 1.50 bits per heavy atom. The first-order valence-corrected chi connectivity index (χ1v) is 4.49. The second-order valence-corrected chi connectivity index (χ2v) is 3.43. The predicted octanol–water partition coefficient (Wildman–Crippen LogP) is 1.61. The molecule has 0 atom stereocenters. The Labute approximate surface area is 85.9 Å². The number of fused-ring (bicyclic) bond motifs is 1. The highest BCUT2D eigenvalue weighted by Gasteiger charge is 2.04. The van der Waals surface area contributed by atoms with Crippen molar-refractivity contribution < 1.29 is 4.79 Å². The lowest BCUT2D eigenvalue weighted by molar-refractivity contribution is 0.112. The van der Waals surface area contributed by atoms with Gasteiger partial charge in [-0.1, -0.05) is 12.2 Å². The van der Waals surface area contributed by atoms with Gasteiger partial charge < -0.3 is 10.7 Å². The van der Waals surface area contributed by atoms with Crippen LogP contribution in [0.2, 0.25) is 0 Å². The summed E-state index contributed by atoms with van der Waals surface area (Å²) in [5, 5.41) is 0.852. The molecule has 2 aromatic rings. The molecule has 1 heterocycles. The van der Waals surface area contributed by atoms with Crippen molar-refractivity contribution >= 4 is 34.4 Å². The molecule has 1 aromatic heterocycles. The van der Waals surface area contributed by atoms with Crippen molar-refractivity contribution in [3.63, 3.8) is 0 Å². The van der Waals surface area contributed by atoms with Crippen LogP contribution in [0.25, 0.3) is 10.9 Å². The summed E-state index contributed by atoms with van der Waals surface area (Å²) in [5.41, 5.74) is 7.80. The van der Waals surface area contributed by atoms with E-state index in [-0.39, 0.29) is 0 Å². The van der Waals surface area contributed by atoms with Gasteiger partial charge in [0.15, 0.2) is 6.29 Å². The molecular weight excluding hydrogens is 196 g/mol. The van der Waals surface area contributed by atoms with Crippen molar-refractivity contribution in [2.24, 2.45) is 5.73 Å². The van der Waals surface area contributed by atoms with E-state index in [9.17, 15) is 4.79 Å². The van der Waals surface area contributed by atoms with Crippen LogP contribution in [-0.2, 0) is 0 Å². The van der Waals surface area contributed by atoms with Crippen LogP contribution in [0.15, 0.2) is 24.4 Å². The highest BCUT2D eigenvalue weighted by molar-refractivity contribution is 7.80. The van der Waals surface area contributed by atoms with E-state index >= 15 is 0 Å². The summed E-state index contributed by atoms with van der Waals surface area (Å²) in [6.07, 6.45) is 2.48. The Kier molecular flexibility index (Phi) is 2.05. The number of hydrogen-bond acceptors (Lipinski definition) is 2.